The van der Waals surface area contributed by atoms with Crippen molar-refractivity contribution in [2.75, 3.05) is 0 Å². The smallest absolute Gasteiger partial charge is 0.236 e. The van der Waals surface area contributed by atoms with Gasteiger partial charge >= 0.3 is 0 Å². The number of para-hydroxylation sites is 1. The maximum absolute atomic E-state index is 12.8. The van der Waals surface area contributed by atoms with Crippen LogP contribution in [0.25, 0.3) is 22.5 Å². The predicted octanol–water partition coefficient (Wildman–Crippen LogP) is 3.88. The first-order valence-corrected chi connectivity index (χ1v) is 6.93. The quantitative estimate of drug-likeness (QED) is 0.537. The van der Waals surface area contributed by atoms with Crippen LogP contribution in [0.15, 0.2) is 79.1 Å². The summed E-state index contributed by atoms with van der Waals surface area (Å²) in [6.45, 7) is 0. The molecule has 0 radical (unpaired) electrons. The number of carbonyl (C=O) groups excluding carboxylic acids is 1. The van der Waals surface area contributed by atoms with Crippen LogP contribution in [0.5, 0.6) is 0 Å². The van der Waals surface area contributed by atoms with Crippen LogP contribution in [-0.2, 0) is 0 Å². The van der Waals surface area contributed by atoms with E-state index in [1.54, 1.807) is 42.5 Å². The summed E-state index contributed by atoms with van der Waals surface area (Å²) in [5.74, 6) is -0.0656. The summed E-state index contributed by atoms with van der Waals surface area (Å²) in [5, 5.41) is 0.331. The fourth-order valence-corrected chi connectivity index (χ4v) is 2.46. The summed E-state index contributed by atoms with van der Waals surface area (Å²) in [4.78, 5) is 25.5. The fraction of sp³-hybridized carbons (Fsp3) is 0. The van der Waals surface area contributed by atoms with E-state index < -0.39 is 11.2 Å². The van der Waals surface area contributed by atoms with E-state index in [9.17, 15) is 9.59 Å². The minimum atomic E-state index is -0.541. The second kappa shape index (κ2) is 5.14. The van der Waals surface area contributed by atoms with Crippen LogP contribution >= 0.6 is 0 Å². The first-order valence-electron chi connectivity index (χ1n) is 6.93. The molecule has 0 atom stereocenters. The Morgan fingerprint density at radius 3 is 2.39 bits per heavy atom. The van der Waals surface area contributed by atoms with Gasteiger partial charge in [0, 0.05) is 0 Å². The van der Waals surface area contributed by atoms with Crippen LogP contribution in [0.4, 0.5) is 0 Å². The van der Waals surface area contributed by atoms with Crippen LogP contribution in [0.1, 0.15) is 16.1 Å². The number of carbonyl (C=O) groups is 1. The van der Waals surface area contributed by atoms with Gasteiger partial charge in [0.1, 0.15) is 11.1 Å². The molecular weight excluding hydrogens is 296 g/mol. The topological polar surface area (TPSA) is 73.6 Å². The maximum atomic E-state index is 12.8. The molecule has 3 aromatic heterocycles. The largest absolute Gasteiger partial charge is 0.461 e. The van der Waals surface area contributed by atoms with Crippen molar-refractivity contribution in [3.05, 3.63) is 82.6 Å². The summed E-state index contributed by atoms with van der Waals surface area (Å²) in [6.07, 6.45) is 2.83. The van der Waals surface area contributed by atoms with Crippen molar-refractivity contribution in [2.24, 2.45) is 0 Å². The maximum Gasteiger partial charge on any atom is 0.236 e. The molecule has 4 rings (SSSR count). The second-order valence-electron chi connectivity index (χ2n) is 4.92. The number of rotatable bonds is 3. The third-order valence-corrected chi connectivity index (χ3v) is 3.51. The lowest BCUT2D eigenvalue weighted by molar-refractivity contribution is 0.101. The first-order chi connectivity index (χ1) is 11.3. The highest BCUT2D eigenvalue weighted by molar-refractivity contribution is 6.11. The highest BCUT2D eigenvalue weighted by Gasteiger charge is 2.26. The Morgan fingerprint density at radius 2 is 1.65 bits per heavy atom. The Balaban J connectivity index is 2.08. The molecule has 0 N–H and O–H groups in total. The molecule has 1 aromatic carbocycles. The highest BCUT2D eigenvalue weighted by Crippen LogP contribution is 2.27. The molecule has 5 nitrogen and oxygen atoms in total. The van der Waals surface area contributed by atoms with Crippen molar-refractivity contribution >= 4 is 16.8 Å². The molecule has 0 aliphatic carbocycles. The Labute approximate surface area is 129 Å². The van der Waals surface area contributed by atoms with Crippen LogP contribution in [0, 0.1) is 0 Å². The van der Waals surface area contributed by atoms with Gasteiger partial charge < -0.3 is 13.3 Å². The van der Waals surface area contributed by atoms with Gasteiger partial charge in [-0.1, -0.05) is 12.1 Å². The number of hydrogen-bond acceptors (Lipinski definition) is 5. The van der Waals surface area contributed by atoms with Crippen LogP contribution in [-0.4, -0.2) is 5.78 Å². The number of furan rings is 2. The second-order valence-corrected chi connectivity index (χ2v) is 4.92. The number of hydrogen-bond donors (Lipinski definition) is 0. The summed E-state index contributed by atoms with van der Waals surface area (Å²) >= 11 is 0. The van der Waals surface area contributed by atoms with Crippen molar-refractivity contribution in [1.29, 1.82) is 0 Å². The van der Waals surface area contributed by atoms with E-state index in [0.29, 0.717) is 16.7 Å². The van der Waals surface area contributed by atoms with Gasteiger partial charge in [-0.15, -0.1) is 0 Å². The molecule has 0 aliphatic rings. The molecule has 0 saturated carbocycles. The molecular formula is C18H10O5. The third-order valence-electron chi connectivity index (χ3n) is 3.51. The summed E-state index contributed by atoms with van der Waals surface area (Å²) < 4.78 is 16.2. The van der Waals surface area contributed by atoms with Gasteiger partial charge in [-0.2, -0.15) is 0 Å². The van der Waals surface area contributed by atoms with E-state index in [2.05, 4.69) is 0 Å². The van der Waals surface area contributed by atoms with Crippen LogP contribution in [0.2, 0.25) is 0 Å². The van der Waals surface area contributed by atoms with Crippen molar-refractivity contribution in [1.82, 2.24) is 0 Å². The van der Waals surface area contributed by atoms with Crippen molar-refractivity contribution in [3.63, 3.8) is 0 Å². The van der Waals surface area contributed by atoms with Crippen molar-refractivity contribution in [3.8, 4) is 11.5 Å². The molecule has 0 amide bonds. The Bertz CT molecular complexity index is 1040. The van der Waals surface area contributed by atoms with E-state index in [0.717, 1.165) is 0 Å². The van der Waals surface area contributed by atoms with Gasteiger partial charge in [0.05, 0.1) is 17.9 Å². The zero-order valence-corrected chi connectivity index (χ0v) is 11.8. The molecule has 0 unspecified atom stereocenters. The lowest BCUT2D eigenvalue weighted by atomic mass is 10.0. The Morgan fingerprint density at radius 1 is 0.870 bits per heavy atom. The van der Waals surface area contributed by atoms with E-state index >= 15 is 0 Å². The van der Waals surface area contributed by atoms with Gasteiger partial charge in [-0.05, 0) is 36.4 Å². The van der Waals surface area contributed by atoms with Crippen molar-refractivity contribution in [2.45, 2.75) is 0 Å². The minimum Gasteiger partial charge on any atom is -0.461 e. The van der Waals surface area contributed by atoms with E-state index in [1.165, 1.54) is 18.6 Å². The van der Waals surface area contributed by atoms with E-state index in [1.807, 2.05) is 0 Å². The van der Waals surface area contributed by atoms with E-state index in [-0.39, 0.29) is 17.1 Å². The minimum absolute atomic E-state index is 0.0698. The first kappa shape index (κ1) is 13.3. The summed E-state index contributed by atoms with van der Waals surface area (Å²) in [7, 11) is 0. The molecule has 0 saturated heterocycles. The normalized spacial score (nSPS) is 11.0. The van der Waals surface area contributed by atoms with Crippen LogP contribution in [0.3, 0.4) is 0 Å². The summed E-state index contributed by atoms with van der Waals surface area (Å²) in [5.41, 5.74) is -0.131. The third kappa shape index (κ3) is 2.10. The number of fused-ring (bicyclic) bond motifs is 1. The predicted molar refractivity (Wildman–Crippen MR) is 82.3 cm³/mol. The highest BCUT2D eigenvalue weighted by atomic mass is 16.4. The van der Waals surface area contributed by atoms with Crippen LogP contribution < -0.4 is 5.43 Å². The van der Waals surface area contributed by atoms with Gasteiger partial charge in [-0.25, -0.2) is 0 Å². The fourth-order valence-electron chi connectivity index (χ4n) is 2.46. The molecule has 4 aromatic rings. The van der Waals surface area contributed by atoms with Gasteiger partial charge in [0.2, 0.25) is 11.2 Å². The van der Waals surface area contributed by atoms with Gasteiger partial charge in [-0.3, -0.25) is 9.59 Å². The molecule has 5 heteroatoms. The average molecular weight is 306 g/mol. The molecule has 0 fully saturated rings. The zero-order valence-electron chi connectivity index (χ0n) is 11.8. The molecule has 0 spiro atoms. The lowest BCUT2D eigenvalue weighted by Gasteiger charge is -2.06. The van der Waals surface area contributed by atoms with Crippen molar-refractivity contribution < 1.29 is 18.0 Å². The van der Waals surface area contributed by atoms with E-state index in [4.69, 9.17) is 13.3 Å². The Hall–Kier alpha value is -3.34. The number of benzene rings is 1. The standard InChI is InChI=1S/C18H10O5/c19-16-11-5-1-2-6-12(11)23-18(14-8-4-10-22-14)15(16)17(20)13-7-3-9-21-13/h1-10H. The van der Waals surface area contributed by atoms with Gasteiger partial charge in [0.15, 0.2) is 17.3 Å². The number of ketones is 1. The summed E-state index contributed by atoms with van der Waals surface area (Å²) in [6, 6.07) is 13.1. The Kier molecular flexibility index (Phi) is 2.98. The van der Waals surface area contributed by atoms with Gasteiger partial charge in [0.25, 0.3) is 0 Å². The molecule has 23 heavy (non-hydrogen) atoms. The molecule has 112 valence electrons. The SMILES string of the molecule is O=C(c1ccco1)c1c(-c2ccco2)oc2ccccc2c1=O. The zero-order chi connectivity index (χ0) is 15.8. The molecule has 0 aliphatic heterocycles. The average Bonchev–Trinajstić information content (AvgIpc) is 3.28. The lowest BCUT2D eigenvalue weighted by Crippen LogP contribution is -2.17. The molecule has 0 bridgehead atoms. The monoisotopic (exact) mass is 306 g/mol. The molecule has 3 heterocycles.